The van der Waals surface area contributed by atoms with Crippen molar-refractivity contribution in [3.8, 4) is 0 Å². The number of aryl methyl sites for hydroxylation is 1. The second kappa shape index (κ2) is 5.51. The molecule has 106 valence electrons. The summed E-state index contributed by atoms with van der Waals surface area (Å²) in [6.07, 6.45) is 0.161. The molecule has 3 rings (SSSR count). The van der Waals surface area contributed by atoms with Crippen molar-refractivity contribution in [1.29, 1.82) is 0 Å². The molecule has 21 heavy (non-hydrogen) atoms. The molecule has 1 heterocycles. The highest BCUT2D eigenvalue weighted by Crippen LogP contribution is 2.26. The average Bonchev–Trinajstić information content (AvgIpc) is 2.76. The molecule has 1 aromatic heterocycles. The summed E-state index contributed by atoms with van der Waals surface area (Å²) >= 11 is 12.2. The standard InChI is InChI=1S/C16H12Cl2N2O/c1-20-13-8-3-2-7-12(13)19-15(20)9-14(21)16-10(17)5-4-6-11(16)18/h2-8H,9H2,1H3. The van der Waals surface area contributed by atoms with Gasteiger partial charge in [-0.05, 0) is 24.3 Å². The smallest absolute Gasteiger partial charge is 0.173 e. The maximum absolute atomic E-state index is 12.5. The van der Waals surface area contributed by atoms with Crippen LogP contribution in [0.3, 0.4) is 0 Å². The van der Waals surface area contributed by atoms with Gasteiger partial charge in [-0.2, -0.15) is 0 Å². The number of ketones is 1. The van der Waals surface area contributed by atoms with Crippen LogP contribution in [-0.2, 0) is 13.5 Å². The Hall–Kier alpha value is -1.84. The van der Waals surface area contributed by atoms with Crippen LogP contribution < -0.4 is 0 Å². The average molecular weight is 319 g/mol. The van der Waals surface area contributed by atoms with E-state index in [0.29, 0.717) is 21.4 Å². The molecule has 0 amide bonds. The quantitative estimate of drug-likeness (QED) is 0.675. The summed E-state index contributed by atoms with van der Waals surface area (Å²) in [4.78, 5) is 17.0. The normalized spacial score (nSPS) is 11.0. The number of halogens is 2. The number of para-hydroxylation sites is 2. The minimum atomic E-state index is -0.135. The molecule has 0 aliphatic rings. The molecule has 0 unspecified atom stereocenters. The number of aromatic nitrogens is 2. The van der Waals surface area contributed by atoms with Crippen LogP contribution in [-0.4, -0.2) is 15.3 Å². The van der Waals surface area contributed by atoms with E-state index >= 15 is 0 Å². The van der Waals surface area contributed by atoms with E-state index in [4.69, 9.17) is 23.2 Å². The van der Waals surface area contributed by atoms with Gasteiger partial charge in [-0.3, -0.25) is 4.79 Å². The van der Waals surface area contributed by atoms with Crippen molar-refractivity contribution in [3.05, 3.63) is 63.9 Å². The summed E-state index contributed by atoms with van der Waals surface area (Å²) in [5.41, 5.74) is 2.21. The van der Waals surface area contributed by atoms with Gasteiger partial charge in [0.25, 0.3) is 0 Å². The van der Waals surface area contributed by atoms with Crippen molar-refractivity contribution in [2.24, 2.45) is 7.05 Å². The number of nitrogens with zero attached hydrogens (tertiary/aromatic N) is 2. The molecule has 0 atom stereocenters. The third kappa shape index (κ3) is 2.55. The highest BCUT2D eigenvalue weighted by Gasteiger charge is 2.18. The van der Waals surface area contributed by atoms with Crippen molar-refractivity contribution in [2.75, 3.05) is 0 Å². The number of hydrogen-bond donors (Lipinski definition) is 0. The molecule has 5 heteroatoms. The first-order valence-electron chi connectivity index (χ1n) is 6.45. The Kier molecular flexibility index (Phi) is 3.70. The van der Waals surface area contributed by atoms with E-state index in [1.54, 1.807) is 18.2 Å². The molecular weight excluding hydrogens is 307 g/mol. The Morgan fingerprint density at radius 3 is 2.43 bits per heavy atom. The fourth-order valence-electron chi connectivity index (χ4n) is 2.35. The van der Waals surface area contributed by atoms with Crippen LogP contribution in [0.5, 0.6) is 0 Å². The van der Waals surface area contributed by atoms with Crippen LogP contribution in [0, 0.1) is 0 Å². The molecule has 0 radical (unpaired) electrons. The van der Waals surface area contributed by atoms with Gasteiger partial charge in [-0.1, -0.05) is 41.4 Å². The van der Waals surface area contributed by atoms with Gasteiger partial charge in [0.05, 0.1) is 33.1 Å². The first-order chi connectivity index (χ1) is 10.1. The largest absolute Gasteiger partial charge is 0.331 e. The minimum Gasteiger partial charge on any atom is -0.331 e. The van der Waals surface area contributed by atoms with Crippen LogP contribution in [0.1, 0.15) is 16.2 Å². The number of Topliss-reactive ketones (excluding diaryl/α,β-unsaturated/α-hetero) is 1. The molecule has 0 N–H and O–H groups in total. The number of carbonyl (C=O) groups is 1. The summed E-state index contributed by atoms with van der Waals surface area (Å²) in [6, 6.07) is 12.8. The lowest BCUT2D eigenvalue weighted by molar-refractivity contribution is 0.0990. The first-order valence-corrected chi connectivity index (χ1v) is 7.21. The number of rotatable bonds is 3. The van der Waals surface area contributed by atoms with Crippen molar-refractivity contribution in [2.45, 2.75) is 6.42 Å². The monoisotopic (exact) mass is 318 g/mol. The molecule has 0 aliphatic carbocycles. The Morgan fingerprint density at radius 1 is 1.10 bits per heavy atom. The summed E-state index contributed by atoms with van der Waals surface area (Å²) in [5, 5.41) is 0.734. The summed E-state index contributed by atoms with van der Waals surface area (Å²) < 4.78 is 1.91. The van der Waals surface area contributed by atoms with E-state index in [-0.39, 0.29) is 12.2 Å². The van der Waals surface area contributed by atoms with Gasteiger partial charge < -0.3 is 4.57 Å². The second-order valence-electron chi connectivity index (χ2n) is 4.77. The van der Waals surface area contributed by atoms with E-state index in [2.05, 4.69) is 4.98 Å². The molecule has 3 aromatic rings. The lowest BCUT2D eigenvalue weighted by Crippen LogP contribution is -2.09. The van der Waals surface area contributed by atoms with Crippen LogP contribution in [0.2, 0.25) is 10.0 Å². The van der Waals surface area contributed by atoms with Gasteiger partial charge in [0.15, 0.2) is 5.78 Å². The second-order valence-corrected chi connectivity index (χ2v) is 5.59. The molecule has 0 bridgehead atoms. The third-order valence-corrected chi connectivity index (χ3v) is 4.07. The zero-order valence-corrected chi connectivity index (χ0v) is 12.8. The predicted molar refractivity (Wildman–Crippen MR) is 85.2 cm³/mol. The number of hydrogen-bond acceptors (Lipinski definition) is 2. The lowest BCUT2D eigenvalue weighted by Gasteiger charge is -2.06. The molecule has 0 saturated heterocycles. The van der Waals surface area contributed by atoms with E-state index in [9.17, 15) is 4.79 Å². The van der Waals surface area contributed by atoms with Crippen LogP contribution in [0.25, 0.3) is 11.0 Å². The zero-order valence-electron chi connectivity index (χ0n) is 11.3. The number of carbonyl (C=O) groups excluding carboxylic acids is 1. The molecule has 0 aliphatic heterocycles. The van der Waals surface area contributed by atoms with Crippen LogP contribution in [0.15, 0.2) is 42.5 Å². The van der Waals surface area contributed by atoms with E-state index in [0.717, 1.165) is 11.0 Å². The van der Waals surface area contributed by atoms with E-state index in [1.807, 2.05) is 35.9 Å². The number of benzene rings is 2. The molecule has 0 spiro atoms. The van der Waals surface area contributed by atoms with Gasteiger partial charge in [-0.15, -0.1) is 0 Å². The zero-order chi connectivity index (χ0) is 15.0. The lowest BCUT2D eigenvalue weighted by atomic mass is 10.1. The Balaban J connectivity index is 1.99. The SMILES string of the molecule is Cn1c(CC(=O)c2c(Cl)cccc2Cl)nc2ccccc21. The van der Waals surface area contributed by atoms with Crippen LogP contribution in [0.4, 0.5) is 0 Å². The van der Waals surface area contributed by atoms with Crippen molar-refractivity contribution in [3.63, 3.8) is 0 Å². The Labute approximate surface area is 132 Å². The van der Waals surface area contributed by atoms with Gasteiger partial charge in [0, 0.05) is 7.05 Å². The van der Waals surface area contributed by atoms with Gasteiger partial charge in [0.2, 0.25) is 0 Å². The van der Waals surface area contributed by atoms with E-state index < -0.39 is 0 Å². The summed E-state index contributed by atoms with van der Waals surface area (Å²) in [5.74, 6) is 0.557. The number of fused-ring (bicyclic) bond motifs is 1. The number of imidazole rings is 1. The molecule has 3 nitrogen and oxygen atoms in total. The van der Waals surface area contributed by atoms with E-state index in [1.165, 1.54) is 0 Å². The van der Waals surface area contributed by atoms with Crippen molar-refractivity contribution < 1.29 is 4.79 Å². The fourth-order valence-corrected chi connectivity index (χ4v) is 2.96. The van der Waals surface area contributed by atoms with Crippen molar-refractivity contribution >= 4 is 40.0 Å². The summed E-state index contributed by atoms with van der Waals surface area (Å²) in [6.45, 7) is 0. The minimum absolute atomic E-state index is 0.135. The van der Waals surface area contributed by atoms with Crippen LogP contribution >= 0.6 is 23.2 Å². The maximum Gasteiger partial charge on any atom is 0.173 e. The topological polar surface area (TPSA) is 34.9 Å². The highest BCUT2D eigenvalue weighted by molar-refractivity contribution is 6.39. The predicted octanol–water partition coefficient (Wildman–Crippen LogP) is 4.31. The Morgan fingerprint density at radius 2 is 1.76 bits per heavy atom. The third-order valence-electron chi connectivity index (χ3n) is 3.44. The molecule has 2 aromatic carbocycles. The fraction of sp³-hybridized carbons (Fsp3) is 0.125. The molecule has 0 fully saturated rings. The first kappa shape index (κ1) is 14.1. The van der Waals surface area contributed by atoms with Gasteiger partial charge in [0.1, 0.15) is 5.82 Å². The Bertz CT molecular complexity index is 819. The summed E-state index contributed by atoms with van der Waals surface area (Å²) in [7, 11) is 1.89. The van der Waals surface area contributed by atoms with Crippen molar-refractivity contribution in [1.82, 2.24) is 9.55 Å². The highest BCUT2D eigenvalue weighted by atomic mass is 35.5. The van der Waals surface area contributed by atoms with Gasteiger partial charge in [-0.25, -0.2) is 4.98 Å². The molecule has 0 saturated carbocycles. The van der Waals surface area contributed by atoms with Gasteiger partial charge >= 0.3 is 0 Å². The maximum atomic E-state index is 12.5. The molecular formula is C16H12Cl2N2O.